The molecule has 150 valence electrons. The minimum absolute atomic E-state index is 0.0679. The normalized spacial score (nSPS) is 15.1. The summed E-state index contributed by atoms with van der Waals surface area (Å²) in [6, 6.07) is 9.70. The van der Waals surface area contributed by atoms with Gasteiger partial charge >= 0.3 is 0 Å². The Morgan fingerprint density at radius 2 is 1.82 bits per heavy atom. The van der Waals surface area contributed by atoms with Gasteiger partial charge in [-0.15, -0.1) is 0 Å². The third-order valence-electron chi connectivity index (χ3n) is 4.88. The van der Waals surface area contributed by atoms with Gasteiger partial charge in [-0.1, -0.05) is 13.8 Å². The Morgan fingerprint density at radius 1 is 1.11 bits per heavy atom. The number of rotatable bonds is 5. The number of carbonyl (C=O) groups is 1. The van der Waals surface area contributed by atoms with E-state index in [1.807, 2.05) is 13.8 Å². The third kappa shape index (κ3) is 3.52. The number of fused-ring (bicyclic) bond motifs is 1. The maximum absolute atomic E-state index is 13.0. The number of hydrogen-bond acceptors (Lipinski definition) is 5. The molecule has 28 heavy (non-hydrogen) atoms. The van der Waals surface area contributed by atoms with E-state index in [9.17, 15) is 13.2 Å². The Labute approximate surface area is 165 Å². The van der Waals surface area contributed by atoms with Crippen LogP contribution in [0.5, 0.6) is 11.5 Å². The van der Waals surface area contributed by atoms with Crippen LogP contribution in [0.25, 0.3) is 0 Å². The quantitative estimate of drug-likeness (QED) is 0.828. The highest BCUT2D eigenvalue weighted by Gasteiger charge is 2.37. The van der Waals surface area contributed by atoms with Gasteiger partial charge in [-0.3, -0.25) is 9.52 Å². The summed E-state index contributed by atoms with van der Waals surface area (Å²) in [5.74, 6) is 0.820. The van der Waals surface area contributed by atoms with Crippen LogP contribution >= 0.6 is 0 Å². The zero-order chi connectivity index (χ0) is 20.7. The predicted octanol–water partition coefficient (Wildman–Crippen LogP) is 3.15. The zero-order valence-corrected chi connectivity index (χ0v) is 17.4. The number of anilines is 2. The van der Waals surface area contributed by atoms with Crippen molar-refractivity contribution in [3.05, 3.63) is 42.0 Å². The third-order valence-corrected chi connectivity index (χ3v) is 6.25. The first-order valence-corrected chi connectivity index (χ1v) is 10.2. The molecule has 0 fully saturated rings. The average Bonchev–Trinajstić information content (AvgIpc) is 2.92. The number of methoxy groups -OCH3 is 2. The number of hydrogen-bond donors (Lipinski definition) is 1. The molecule has 0 aliphatic carbocycles. The van der Waals surface area contributed by atoms with Crippen molar-refractivity contribution < 1.29 is 22.7 Å². The predicted molar refractivity (Wildman–Crippen MR) is 108 cm³/mol. The van der Waals surface area contributed by atoms with E-state index < -0.39 is 10.0 Å². The average molecular weight is 404 g/mol. The topological polar surface area (TPSA) is 84.9 Å². The molecule has 1 heterocycles. The van der Waals surface area contributed by atoms with Gasteiger partial charge in [0.1, 0.15) is 11.5 Å². The summed E-state index contributed by atoms with van der Waals surface area (Å²) in [7, 11) is -0.900. The van der Waals surface area contributed by atoms with Crippen molar-refractivity contribution in [2.24, 2.45) is 0 Å². The van der Waals surface area contributed by atoms with Crippen LogP contribution in [-0.4, -0.2) is 35.1 Å². The van der Waals surface area contributed by atoms with Crippen LogP contribution in [0.3, 0.4) is 0 Å². The first kappa shape index (κ1) is 20.0. The first-order chi connectivity index (χ1) is 13.1. The standard InChI is InChI=1S/C20H24N2O5S/c1-13(23)22-12-20(2,3)16-11-15(7-8-18(16)22)28(24,25)21-17-10-14(26-4)6-9-19(17)27-5/h6-11,21H,12H2,1-5H3. The number of sulfonamides is 1. The number of benzene rings is 2. The van der Waals surface area contributed by atoms with Crippen LogP contribution in [0.15, 0.2) is 41.3 Å². The molecule has 2 aromatic carbocycles. The number of ether oxygens (including phenoxy) is 2. The van der Waals surface area contributed by atoms with E-state index >= 15 is 0 Å². The minimum Gasteiger partial charge on any atom is -0.497 e. The molecule has 8 heteroatoms. The van der Waals surface area contributed by atoms with Gasteiger partial charge in [0.2, 0.25) is 5.91 Å². The molecule has 0 bridgehead atoms. The van der Waals surface area contributed by atoms with E-state index in [2.05, 4.69) is 4.72 Å². The smallest absolute Gasteiger partial charge is 0.262 e. The summed E-state index contributed by atoms with van der Waals surface area (Å²) >= 11 is 0. The molecule has 0 spiro atoms. The van der Waals surface area contributed by atoms with Crippen molar-refractivity contribution in [1.82, 2.24) is 0 Å². The minimum atomic E-state index is -3.87. The molecular formula is C20H24N2O5S. The van der Waals surface area contributed by atoms with Gasteiger partial charge in [0.15, 0.2) is 0 Å². The fourth-order valence-corrected chi connectivity index (χ4v) is 4.49. The monoisotopic (exact) mass is 404 g/mol. The van der Waals surface area contributed by atoms with Crippen molar-refractivity contribution in [1.29, 1.82) is 0 Å². The van der Waals surface area contributed by atoms with E-state index in [4.69, 9.17) is 9.47 Å². The maximum Gasteiger partial charge on any atom is 0.262 e. The maximum atomic E-state index is 13.0. The highest BCUT2D eigenvalue weighted by molar-refractivity contribution is 7.92. The highest BCUT2D eigenvalue weighted by atomic mass is 32.2. The molecule has 2 aromatic rings. The van der Waals surface area contributed by atoms with Crippen molar-refractivity contribution in [3.8, 4) is 11.5 Å². The molecule has 3 rings (SSSR count). The van der Waals surface area contributed by atoms with Crippen LogP contribution in [0, 0.1) is 0 Å². The first-order valence-electron chi connectivity index (χ1n) is 8.76. The van der Waals surface area contributed by atoms with Crippen LogP contribution < -0.4 is 19.1 Å². The van der Waals surface area contributed by atoms with Gasteiger partial charge < -0.3 is 14.4 Å². The summed E-state index contributed by atoms with van der Waals surface area (Å²) in [4.78, 5) is 13.7. The van der Waals surface area contributed by atoms with Crippen LogP contribution in [0.4, 0.5) is 11.4 Å². The van der Waals surface area contributed by atoms with Crippen molar-refractivity contribution in [2.75, 3.05) is 30.4 Å². The lowest BCUT2D eigenvalue weighted by atomic mass is 9.87. The van der Waals surface area contributed by atoms with Crippen molar-refractivity contribution in [3.63, 3.8) is 0 Å². The molecule has 1 aliphatic heterocycles. The molecule has 0 aromatic heterocycles. The van der Waals surface area contributed by atoms with E-state index in [0.717, 1.165) is 11.3 Å². The molecule has 1 aliphatic rings. The Bertz CT molecular complexity index is 1030. The van der Waals surface area contributed by atoms with Crippen molar-refractivity contribution >= 4 is 27.3 Å². The molecule has 1 amide bonds. The number of nitrogens with zero attached hydrogens (tertiary/aromatic N) is 1. The zero-order valence-electron chi connectivity index (χ0n) is 16.6. The lowest BCUT2D eigenvalue weighted by molar-refractivity contribution is -0.116. The second-order valence-corrected chi connectivity index (χ2v) is 9.02. The van der Waals surface area contributed by atoms with Crippen molar-refractivity contribution in [2.45, 2.75) is 31.1 Å². The van der Waals surface area contributed by atoms with E-state index in [1.54, 1.807) is 35.2 Å². The summed E-state index contributed by atoms with van der Waals surface area (Å²) < 4.78 is 39.0. The molecule has 0 atom stereocenters. The summed E-state index contributed by atoms with van der Waals surface area (Å²) in [6.07, 6.45) is 0. The van der Waals surface area contributed by atoms with E-state index in [-0.39, 0.29) is 21.9 Å². The fourth-order valence-electron chi connectivity index (χ4n) is 3.40. The molecule has 0 unspecified atom stereocenters. The Kier molecular flexibility index (Phi) is 5.01. The SMILES string of the molecule is COc1ccc(OC)c(NS(=O)(=O)c2ccc3c(c2)C(C)(C)CN3C(C)=O)c1. The highest BCUT2D eigenvalue weighted by Crippen LogP contribution is 2.42. The van der Waals surface area contributed by atoms with Gasteiger partial charge in [0.25, 0.3) is 10.0 Å². The van der Waals surface area contributed by atoms with Crippen LogP contribution in [0.1, 0.15) is 26.3 Å². The van der Waals surface area contributed by atoms with Crippen LogP contribution in [0.2, 0.25) is 0 Å². The second-order valence-electron chi connectivity index (χ2n) is 7.34. The Hall–Kier alpha value is -2.74. The molecule has 1 N–H and O–H groups in total. The van der Waals surface area contributed by atoms with E-state index in [0.29, 0.717) is 18.0 Å². The molecule has 0 saturated carbocycles. The summed E-state index contributed by atoms with van der Waals surface area (Å²) in [5.41, 5.74) is 1.51. The second kappa shape index (κ2) is 7.01. The summed E-state index contributed by atoms with van der Waals surface area (Å²) in [5, 5.41) is 0. The molecule has 0 radical (unpaired) electrons. The molecule has 7 nitrogen and oxygen atoms in total. The fraction of sp³-hybridized carbons (Fsp3) is 0.350. The van der Waals surface area contributed by atoms with Gasteiger partial charge in [-0.05, 0) is 35.9 Å². The van der Waals surface area contributed by atoms with E-state index in [1.165, 1.54) is 27.2 Å². The summed E-state index contributed by atoms with van der Waals surface area (Å²) in [6.45, 7) is 6.00. The molecule has 0 saturated heterocycles. The molecular weight excluding hydrogens is 380 g/mol. The van der Waals surface area contributed by atoms with Gasteiger partial charge in [0.05, 0.1) is 24.8 Å². The number of carbonyl (C=O) groups excluding carboxylic acids is 1. The number of nitrogens with one attached hydrogen (secondary N) is 1. The lowest BCUT2D eigenvalue weighted by Gasteiger charge is -2.19. The Balaban J connectivity index is 2.02. The van der Waals surface area contributed by atoms with Gasteiger partial charge in [-0.2, -0.15) is 0 Å². The lowest BCUT2D eigenvalue weighted by Crippen LogP contribution is -2.31. The Morgan fingerprint density at radius 3 is 2.43 bits per heavy atom. The van der Waals surface area contributed by atoms with Crippen LogP contribution in [-0.2, 0) is 20.2 Å². The van der Waals surface area contributed by atoms with Gasteiger partial charge in [0, 0.05) is 30.6 Å². The largest absolute Gasteiger partial charge is 0.497 e. The number of amides is 1. The van der Waals surface area contributed by atoms with Gasteiger partial charge in [-0.25, -0.2) is 8.42 Å².